The van der Waals surface area contributed by atoms with Crippen molar-refractivity contribution in [2.45, 2.75) is 33.1 Å². The molecule has 146 valence electrons. The highest BCUT2D eigenvalue weighted by molar-refractivity contribution is 7.20. The van der Waals surface area contributed by atoms with Crippen LogP contribution in [0.1, 0.15) is 32.2 Å². The highest BCUT2D eigenvalue weighted by Gasteiger charge is 2.24. The van der Waals surface area contributed by atoms with Gasteiger partial charge in [0.05, 0.1) is 22.5 Å². The van der Waals surface area contributed by atoms with Crippen LogP contribution in [0.5, 0.6) is 0 Å². The van der Waals surface area contributed by atoms with Gasteiger partial charge in [-0.1, -0.05) is 44.2 Å². The van der Waals surface area contributed by atoms with Crippen LogP contribution in [0.3, 0.4) is 0 Å². The van der Waals surface area contributed by atoms with E-state index in [2.05, 4.69) is 35.4 Å². The van der Waals surface area contributed by atoms with Crippen molar-refractivity contribution >= 4 is 38.7 Å². The molecule has 0 bridgehead atoms. The molecule has 0 unspecified atom stereocenters. The molecule has 4 aromatic rings. The number of hydrogen-bond donors (Lipinski definition) is 2. The van der Waals surface area contributed by atoms with Gasteiger partial charge in [0, 0.05) is 5.69 Å². The third-order valence-corrected chi connectivity index (χ3v) is 5.36. The molecule has 0 radical (unpaired) electrons. The number of azo groups is 1. The zero-order valence-electron chi connectivity index (χ0n) is 16.3. The first kappa shape index (κ1) is 18.8. The van der Waals surface area contributed by atoms with E-state index in [0.717, 1.165) is 10.2 Å². The topological polar surface area (TPSA) is 108 Å². The summed E-state index contributed by atoms with van der Waals surface area (Å²) in [6.07, 6.45) is 0. The minimum absolute atomic E-state index is 0.153. The molecule has 0 atom stereocenters. The smallest absolute Gasteiger partial charge is 0.291 e. The Morgan fingerprint density at radius 2 is 2.00 bits per heavy atom. The van der Waals surface area contributed by atoms with E-state index in [4.69, 9.17) is 6.57 Å². The minimum atomic E-state index is -0.360. The SMILES string of the molecule is [C-]#[N+]c1c(N=Nc2c(C)[nH]n(-c3nc4ccccc4s3)c2=O)n[nH]c1C(C)(C)C. The minimum Gasteiger partial charge on any atom is -0.291 e. The Morgan fingerprint density at radius 1 is 1.24 bits per heavy atom. The van der Waals surface area contributed by atoms with Gasteiger partial charge in [-0.05, 0) is 24.5 Å². The number of aromatic amines is 2. The fourth-order valence-electron chi connectivity index (χ4n) is 2.87. The first-order chi connectivity index (χ1) is 13.8. The Bertz CT molecular complexity index is 1310. The lowest BCUT2D eigenvalue weighted by Gasteiger charge is -2.16. The first-order valence-corrected chi connectivity index (χ1v) is 9.67. The van der Waals surface area contributed by atoms with Gasteiger partial charge in [0.1, 0.15) is 0 Å². The van der Waals surface area contributed by atoms with E-state index in [9.17, 15) is 4.79 Å². The van der Waals surface area contributed by atoms with Crippen LogP contribution in [0.25, 0.3) is 20.2 Å². The number of nitrogens with zero attached hydrogens (tertiary/aromatic N) is 6. The Hall–Kier alpha value is -3.58. The summed E-state index contributed by atoms with van der Waals surface area (Å²) in [4.78, 5) is 20.9. The third kappa shape index (κ3) is 3.25. The molecule has 0 saturated heterocycles. The number of benzene rings is 1. The molecule has 4 rings (SSSR count). The molecule has 2 N–H and O–H groups in total. The van der Waals surface area contributed by atoms with Crippen molar-refractivity contribution in [1.82, 2.24) is 25.0 Å². The summed E-state index contributed by atoms with van der Waals surface area (Å²) in [5.41, 5.74) is 1.86. The first-order valence-electron chi connectivity index (χ1n) is 8.85. The molecule has 0 aliphatic heterocycles. The fourth-order valence-corrected chi connectivity index (χ4v) is 3.79. The average molecular weight is 406 g/mol. The molecule has 0 saturated carbocycles. The van der Waals surface area contributed by atoms with Crippen molar-refractivity contribution < 1.29 is 0 Å². The largest absolute Gasteiger partial charge is 0.301 e. The number of aryl methyl sites for hydroxylation is 1. The lowest BCUT2D eigenvalue weighted by Crippen LogP contribution is -2.13. The van der Waals surface area contributed by atoms with Gasteiger partial charge in [-0.25, -0.2) is 9.83 Å². The maximum absolute atomic E-state index is 12.9. The summed E-state index contributed by atoms with van der Waals surface area (Å²) in [5.74, 6) is 0.163. The van der Waals surface area contributed by atoms with Crippen molar-refractivity contribution in [3.05, 3.63) is 57.4 Å². The maximum Gasteiger partial charge on any atom is 0.301 e. The highest BCUT2D eigenvalue weighted by atomic mass is 32.1. The van der Waals surface area contributed by atoms with Crippen LogP contribution < -0.4 is 5.56 Å². The van der Waals surface area contributed by atoms with Crippen molar-refractivity contribution in [2.24, 2.45) is 10.2 Å². The van der Waals surface area contributed by atoms with Crippen LogP contribution in [0, 0.1) is 13.5 Å². The second kappa shape index (κ2) is 6.79. The van der Waals surface area contributed by atoms with Gasteiger partial charge in [0.2, 0.25) is 10.9 Å². The second-order valence-electron chi connectivity index (χ2n) is 7.52. The molecule has 0 amide bonds. The number of rotatable bonds is 3. The van der Waals surface area contributed by atoms with Crippen molar-refractivity contribution in [2.75, 3.05) is 0 Å². The second-order valence-corrected chi connectivity index (χ2v) is 8.53. The van der Waals surface area contributed by atoms with Gasteiger partial charge < -0.3 is 0 Å². The zero-order valence-corrected chi connectivity index (χ0v) is 17.1. The third-order valence-electron chi connectivity index (χ3n) is 4.34. The number of H-pyrrole nitrogens is 2. The molecule has 1 aromatic carbocycles. The molecule has 29 heavy (non-hydrogen) atoms. The monoisotopic (exact) mass is 406 g/mol. The van der Waals surface area contributed by atoms with E-state index < -0.39 is 0 Å². The fraction of sp³-hybridized carbons (Fsp3) is 0.263. The van der Waals surface area contributed by atoms with Crippen LogP contribution in [-0.4, -0.2) is 25.0 Å². The van der Waals surface area contributed by atoms with Crippen LogP contribution in [0.15, 0.2) is 39.3 Å². The van der Waals surface area contributed by atoms with Crippen LogP contribution >= 0.6 is 11.3 Å². The van der Waals surface area contributed by atoms with E-state index in [1.54, 1.807) is 6.92 Å². The molecule has 0 spiro atoms. The van der Waals surface area contributed by atoms with Crippen molar-refractivity contribution in [1.29, 1.82) is 0 Å². The molecular formula is C19H18N8OS. The van der Waals surface area contributed by atoms with E-state index in [-0.39, 0.29) is 22.5 Å². The highest BCUT2D eigenvalue weighted by Crippen LogP contribution is 2.37. The summed E-state index contributed by atoms with van der Waals surface area (Å²) in [6.45, 7) is 15.1. The van der Waals surface area contributed by atoms with Crippen molar-refractivity contribution in [3.8, 4) is 5.13 Å². The van der Waals surface area contributed by atoms with Crippen LogP contribution in [-0.2, 0) is 5.41 Å². The Morgan fingerprint density at radius 3 is 2.69 bits per heavy atom. The number of hydrogen-bond acceptors (Lipinski definition) is 6. The standard InChI is InChI=1S/C19H18N8OS/c1-10-13(22-24-16-14(20-5)15(23-25-16)19(2,3)4)17(28)27(26-10)18-21-11-8-6-7-9-12(11)29-18/h6-9,26H,1-4H3,(H,23,25). The van der Waals surface area contributed by atoms with Gasteiger partial charge in [-0.3, -0.25) is 15.0 Å². The molecule has 10 heteroatoms. The van der Waals surface area contributed by atoms with Gasteiger partial charge in [-0.15, -0.1) is 10.2 Å². The van der Waals surface area contributed by atoms with E-state index in [1.165, 1.54) is 16.0 Å². The molecule has 3 heterocycles. The summed E-state index contributed by atoms with van der Waals surface area (Å²) < 4.78 is 2.34. The molecular weight excluding hydrogens is 388 g/mol. The Labute approximate surface area is 169 Å². The Balaban J connectivity index is 1.74. The summed E-state index contributed by atoms with van der Waals surface area (Å²) >= 11 is 1.40. The quantitative estimate of drug-likeness (QED) is 0.366. The molecule has 3 aromatic heterocycles. The molecule has 9 nitrogen and oxygen atoms in total. The predicted molar refractivity (Wildman–Crippen MR) is 112 cm³/mol. The lowest BCUT2D eigenvalue weighted by atomic mass is 9.91. The number of nitrogens with one attached hydrogen (secondary N) is 2. The summed E-state index contributed by atoms with van der Waals surface area (Å²) in [5, 5.41) is 18.6. The van der Waals surface area contributed by atoms with Crippen LogP contribution in [0.4, 0.5) is 17.2 Å². The number of aromatic nitrogens is 5. The van der Waals surface area contributed by atoms with E-state index >= 15 is 0 Å². The van der Waals surface area contributed by atoms with Gasteiger partial charge >= 0.3 is 5.56 Å². The van der Waals surface area contributed by atoms with E-state index in [0.29, 0.717) is 22.2 Å². The van der Waals surface area contributed by atoms with Gasteiger partial charge in [0.15, 0.2) is 5.69 Å². The average Bonchev–Trinajstić information content (AvgIpc) is 3.35. The van der Waals surface area contributed by atoms with Crippen LogP contribution in [0.2, 0.25) is 0 Å². The summed E-state index contributed by atoms with van der Waals surface area (Å²) in [6, 6.07) is 7.68. The Kier molecular flexibility index (Phi) is 4.39. The predicted octanol–water partition coefficient (Wildman–Crippen LogP) is 5.07. The van der Waals surface area contributed by atoms with Crippen molar-refractivity contribution in [3.63, 3.8) is 0 Å². The number of thiazole rings is 1. The van der Waals surface area contributed by atoms with Gasteiger partial charge in [0.25, 0.3) is 5.69 Å². The normalized spacial score (nSPS) is 12.1. The summed E-state index contributed by atoms with van der Waals surface area (Å²) in [7, 11) is 0. The van der Waals surface area contributed by atoms with E-state index in [1.807, 2.05) is 45.0 Å². The molecule has 0 fully saturated rings. The lowest BCUT2D eigenvalue weighted by molar-refractivity contribution is 0.569. The maximum atomic E-state index is 12.9. The number of fused-ring (bicyclic) bond motifs is 1. The number of para-hydroxylation sites is 1. The molecule has 0 aliphatic rings. The molecule has 0 aliphatic carbocycles. The van der Waals surface area contributed by atoms with Gasteiger partial charge in [-0.2, -0.15) is 9.78 Å². The zero-order chi connectivity index (χ0) is 20.8.